The molecule has 1 amide bonds. The Kier molecular flexibility index (Phi) is 3.51. The standard InChI is InChI=1S/C15H15N3O3/c1-9(14(19)17-10-6-7-10)21-15(20)13-8-16-11-4-2-3-5-12(11)18-13/h2-5,8-10H,6-7H2,1H3,(H,17,19)/t9-/m0/s1. The molecule has 1 aliphatic carbocycles. The highest BCUT2D eigenvalue weighted by Crippen LogP contribution is 2.19. The third-order valence-electron chi connectivity index (χ3n) is 3.23. The maximum Gasteiger partial charge on any atom is 0.359 e. The Labute approximate surface area is 121 Å². The van der Waals surface area contributed by atoms with Crippen molar-refractivity contribution >= 4 is 22.9 Å². The summed E-state index contributed by atoms with van der Waals surface area (Å²) in [6.07, 6.45) is 2.49. The van der Waals surface area contributed by atoms with Crippen molar-refractivity contribution in [1.82, 2.24) is 15.3 Å². The first-order valence-corrected chi connectivity index (χ1v) is 6.86. The molecule has 0 bridgehead atoms. The van der Waals surface area contributed by atoms with E-state index in [9.17, 15) is 9.59 Å². The van der Waals surface area contributed by atoms with Crippen LogP contribution in [0.15, 0.2) is 30.5 Å². The summed E-state index contributed by atoms with van der Waals surface area (Å²) in [5.41, 5.74) is 1.41. The molecule has 3 rings (SSSR count). The van der Waals surface area contributed by atoms with Crippen molar-refractivity contribution in [3.63, 3.8) is 0 Å². The van der Waals surface area contributed by atoms with Crippen LogP contribution < -0.4 is 5.32 Å². The van der Waals surface area contributed by atoms with E-state index in [4.69, 9.17) is 4.74 Å². The highest BCUT2D eigenvalue weighted by Gasteiger charge is 2.27. The molecule has 1 saturated carbocycles. The molecule has 2 aromatic rings. The molecule has 6 heteroatoms. The number of hydrogen-bond acceptors (Lipinski definition) is 5. The molecule has 1 aliphatic rings. The number of nitrogens with one attached hydrogen (secondary N) is 1. The van der Waals surface area contributed by atoms with Gasteiger partial charge in [0.2, 0.25) is 0 Å². The molecule has 0 radical (unpaired) electrons. The normalized spacial score (nSPS) is 15.5. The SMILES string of the molecule is C[C@H](OC(=O)c1cnc2ccccc2n1)C(=O)NC1CC1. The predicted octanol–water partition coefficient (Wildman–Crippen LogP) is 1.45. The Morgan fingerprint density at radius 1 is 1.29 bits per heavy atom. The van der Waals surface area contributed by atoms with Gasteiger partial charge in [0.25, 0.3) is 5.91 Å². The van der Waals surface area contributed by atoms with E-state index >= 15 is 0 Å². The predicted molar refractivity (Wildman–Crippen MR) is 75.6 cm³/mol. The Bertz CT molecular complexity index is 697. The van der Waals surface area contributed by atoms with Crippen molar-refractivity contribution < 1.29 is 14.3 Å². The van der Waals surface area contributed by atoms with Gasteiger partial charge in [-0.2, -0.15) is 0 Å². The quantitative estimate of drug-likeness (QED) is 0.860. The molecule has 1 fully saturated rings. The summed E-state index contributed by atoms with van der Waals surface area (Å²) in [7, 11) is 0. The van der Waals surface area contributed by atoms with Gasteiger partial charge in [-0.05, 0) is 31.9 Å². The monoisotopic (exact) mass is 285 g/mol. The Morgan fingerprint density at radius 3 is 2.71 bits per heavy atom. The number of carbonyl (C=O) groups excluding carboxylic acids is 2. The number of hydrogen-bond donors (Lipinski definition) is 1. The summed E-state index contributed by atoms with van der Waals surface area (Å²) >= 11 is 0. The summed E-state index contributed by atoms with van der Waals surface area (Å²) in [4.78, 5) is 32.1. The minimum Gasteiger partial charge on any atom is -0.448 e. The van der Waals surface area contributed by atoms with Gasteiger partial charge in [0.1, 0.15) is 0 Å². The van der Waals surface area contributed by atoms with E-state index in [1.165, 1.54) is 6.20 Å². The average molecular weight is 285 g/mol. The Morgan fingerprint density at radius 2 is 2.00 bits per heavy atom. The van der Waals surface area contributed by atoms with Crippen LogP contribution in [0.25, 0.3) is 11.0 Å². The fourth-order valence-corrected chi connectivity index (χ4v) is 1.88. The van der Waals surface area contributed by atoms with Gasteiger partial charge < -0.3 is 10.1 Å². The number of ether oxygens (including phenoxy) is 1. The van der Waals surface area contributed by atoms with Crippen LogP contribution >= 0.6 is 0 Å². The lowest BCUT2D eigenvalue weighted by molar-refractivity contribution is -0.129. The van der Waals surface area contributed by atoms with Gasteiger partial charge in [-0.3, -0.25) is 9.78 Å². The molecule has 1 aromatic carbocycles. The van der Waals surface area contributed by atoms with E-state index in [0.29, 0.717) is 11.0 Å². The van der Waals surface area contributed by atoms with Crippen LogP contribution in [0.3, 0.4) is 0 Å². The lowest BCUT2D eigenvalue weighted by Crippen LogP contribution is -2.37. The van der Waals surface area contributed by atoms with Crippen molar-refractivity contribution in [2.75, 3.05) is 0 Å². The first kappa shape index (κ1) is 13.5. The van der Waals surface area contributed by atoms with E-state index in [0.717, 1.165) is 12.8 Å². The van der Waals surface area contributed by atoms with Crippen molar-refractivity contribution in [2.24, 2.45) is 0 Å². The third kappa shape index (κ3) is 3.16. The zero-order chi connectivity index (χ0) is 14.8. The van der Waals surface area contributed by atoms with Gasteiger partial charge in [-0.15, -0.1) is 0 Å². The fourth-order valence-electron chi connectivity index (χ4n) is 1.88. The average Bonchev–Trinajstić information content (AvgIpc) is 3.30. The van der Waals surface area contributed by atoms with Crippen LogP contribution in [0.1, 0.15) is 30.3 Å². The van der Waals surface area contributed by atoms with Gasteiger partial charge in [0.05, 0.1) is 17.2 Å². The number of rotatable bonds is 4. The number of esters is 1. The molecule has 0 aliphatic heterocycles. The minimum atomic E-state index is -0.841. The second-order valence-electron chi connectivity index (χ2n) is 5.07. The van der Waals surface area contributed by atoms with E-state index in [2.05, 4.69) is 15.3 Å². The molecule has 6 nitrogen and oxygen atoms in total. The van der Waals surface area contributed by atoms with Crippen molar-refractivity contribution in [1.29, 1.82) is 0 Å². The molecule has 108 valence electrons. The Balaban J connectivity index is 1.69. The van der Waals surface area contributed by atoms with Gasteiger partial charge in [-0.1, -0.05) is 12.1 Å². The summed E-state index contributed by atoms with van der Waals surface area (Å²) < 4.78 is 5.12. The fraction of sp³-hybridized carbons (Fsp3) is 0.333. The molecular weight excluding hydrogens is 270 g/mol. The van der Waals surface area contributed by atoms with E-state index in [1.807, 2.05) is 18.2 Å². The Hall–Kier alpha value is -2.50. The largest absolute Gasteiger partial charge is 0.448 e. The van der Waals surface area contributed by atoms with E-state index in [-0.39, 0.29) is 17.6 Å². The van der Waals surface area contributed by atoms with Gasteiger partial charge in [-0.25, -0.2) is 9.78 Å². The lowest BCUT2D eigenvalue weighted by Gasteiger charge is -2.12. The van der Waals surface area contributed by atoms with Crippen molar-refractivity contribution in [3.05, 3.63) is 36.2 Å². The van der Waals surface area contributed by atoms with E-state index in [1.54, 1.807) is 13.0 Å². The maximum atomic E-state index is 12.0. The van der Waals surface area contributed by atoms with Gasteiger partial charge in [0.15, 0.2) is 11.8 Å². The molecule has 0 saturated heterocycles. The second-order valence-corrected chi connectivity index (χ2v) is 5.07. The van der Waals surface area contributed by atoms with Gasteiger partial charge >= 0.3 is 5.97 Å². The zero-order valence-electron chi connectivity index (χ0n) is 11.6. The molecule has 1 N–H and O–H groups in total. The number of amides is 1. The number of aromatic nitrogens is 2. The second kappa shape index (κ2) is 5.47. The van der Waals surface area contributed by atoms with Crippen LogP contribution in [-0.4, -0.2) is 34.0 Å². The summed E-state index contributed by atoms with van der Waals surface area (Å²) in [6, 6.07) is 7.47. The van der Waals surface area contributed by atoms with Crippen LogP contribution in [0.5, 0.6) is 0 Å². The van der Waals surface area contributed by atoms with Crippen LogP contribution in [0, 0.1) is 0 Å². The van der Waals surface area contributed by atoms with E-state index < -0.39 is 12.1 Å². The van der Waals surface area contributed by atoms with Crippen molar-refractivity contribution in [2.45, 2.75) is 31.9 Å². The molecule has 1 heterocycles. The number of carbonyl (C=O) groups is 2. The smallest absolute Gasteiger partial charge is 0.359 e. The third-order valence-corrected chi connectivity index (χ3v) is 3.23. The molecule has 21 heavy (non-hydrogen) atoms. The minimum absolute atomic E-state index is 0.0970. The highest BCUT2D eigenvalue weighted by atomic mass is 16.5. The topological polar surface area (TPSA) is 81.2 Å². The molecule has 0 unspecified atom stereocenters. The summed E-state index contributed by atoms with van der Waals surface area (Å²) in [5, 5.41) is 2.79. The number of fused-ring (bicyclic) bond motifs is 1. The highest BCUT2D eigenvalue weighted by molar-refractivity contribution is 5.92. The molecule has 0 spiro atoms. The lowest BCUT2D eigenvalue weighted by atomic mass is 10.3. The van der Waals surface area contributed by atoms with Crippen LogP contribution in [0.2, 0.25) is 0 Å². The first-order valence-electron chi connectivity index (χ1n) is 6.86. The number of benzene rings is 1. The number of para-hydroxylation sites is 2. The summed E-state index contributed by atoms with van der Waals surface area (Å²) in [5.74, 6) is -0.925. The molecular formula is C15H15N3O3. The first-order chi connectivity index (χ1) is 10.1. The van der Waals surface area contributed by atoms with Crippen LogP contribution in [-0.2, 0) is 9.53 Å². The zero-order valence-corrected chi connectivity index (χ0v) is 11.6. The van der Waals surface area contributed by atoms with Gasteiger partial charge in [0, 0.05) is 6.04 Å². The number of nitrogens with zero attached hydrogens (tertiary/aromatic N) is 2. The summed E-state index contributed by atoms with van der Waals surface area (Å²) in [6.45, 7) is 1.55. The van der Waals surface area contributed by atoms with Crippen molar-refractivity contribution in [3.8, 4) is 0 Å². The van der Waals surface area contributed by atoms with Crippen LogP contribution in [0.4, 0.5) is 0 Å². The molecule has 1 atom stereocenters. The maximum absolute atomic E-state index is 12.0. The molecule has 1 aromatic heterocycles.